The summed E-state index contributed by atoms with van der Waals surface area (Å²) in [4.78, 5) is 55.5. The molecule has 134 valence electrons. The molecule has 2 heterocycles. The first kappa shape index (κ1) is 16.6. The summed E-state index contributed by atoms with van der Waals surface area (Å²) in [6, 6.07) is 8.70. The second-order valence-corrected chi connectivity index (χ2v) is 6.17. The van der Waals surface area contributed by atoms with Gasteiger partial charge in [0.1, 0.15) is 5.82 Å². The minimum Gasteiger partial charge on any atom is -0.308 e. The highest BCUT2D eigenvalue weighted by molar-refractivity contribution is 6.21. The number of aryl methyl sites for hydroxylation is 1. The van der Waals surface area contributed by atoms with E-state index in [0.29, 0.717) is 10.9 Å². The van der Waals surface area contributed by atoms with Gasteiger partial charge in [0, 0.05) is 12.1 Å². The number of carbonyl (C=O) groups excluding carboxylic acids is 2. The Hall–Kier alpha value is -3.88. The van der Waals surface area contributed by atoms with Crippen LogP contribution in [0.3, 0.4) is 0 Å². The molecule has 1 aliphatic rings. The number of nitro benzene ring substituents is 1. The van der Waals surface area contributed by atoms with E-state index in [9.17, 15) is 24.5 Å². The number of nitrogens with one attached hydrogen (secondary N) is 1. The maximum atomic E-state index is 12.6. The van der Waals surface area contributed by atoms with Crippen LogP contribution >= 0.6 is 0 Å². The molecule has 0 radical (unpaired) electrons. The summed E-state index contributed by atoms with van der Waals surface area (Å²) in [6.45, 7) is 1.57. The molecule has 27 heavy (non-hydrogen) atoms. The summed E-state index contributed by atoms with van der Waals surface area (Å²) in [5, 5.41) is 11.3. The molecule has 2 amide bonds. The van der Waals surface area contributed by atoms with Gasteiger partial charge in [-0.05, 0) is 24.6 Å². The summed E-state index contributed by atoms with van der Waals surface area (Å²) in [5.41, 5.74) is 0.690. The molecule has 0 spiro atoms. The minimum atomic E-state index is -0.661. The van der Waals surface area contributed by atoms with Crippen molar-refractivity contribution < 1.29 is 14.5 Å². The quantitative estimate of drug-likeness (QED) is 0.430. The van der Waals surface area contributed by atoms with E-state index < -0.39 is 16.7 Å². The van der Waals surface area contributed by atoms with Crippen LogP contribution in [0.15, 0.2) is 41.2 Å². The number of imide groups is 1. The number of nitrogens with zero attached hydrogens (tertiary/aromatic N) is 3. The molecule has 0 fully saturated rings. The molecule has 0 unspecified atom stereocenters. The number of nitro groups is 1. The maximum absolute atomic E-state index is 12.6. The van der Waals surface area contributed by atoms with Crippen molar-refractivity contribution >= 4 is 28.4 Å². The van der Waals surface area contributed by atoms with Crippen LogP contribution in [0.5, 0.6) is 0 Å². The van der Waals surface area contributed by atoms with Crippen molar-refractivity contribution in [1.82, 2.24) is 14.9 Å². The number of hydrogen-bond acceptors (Lipinski definition) is 6. The third-order valence-electron chi connectivity index (χ3n) is 4.46. The normalized spacial score (nSPS) is 13.3. The predicted molar refractivity (Wildman–Crippen MR) is 94.4 cm³/mol. The average molecular weight is 364 g/mol. The number of aromatic nitrogens is 2. The minimum absolute atomic E-state index is 0.0338. The van der Waals surface area contributed by atoms with Gasteiger partial charge in [-0.2, -0.15) is 0 Å². The lowest BCUT2D eigenvalue weighted by Gasteiger charge is -2.13. The number of H-pyrrole nitrogens is 1. The molecule has 4 rings (SSSR count). The fraction of sp³-hybridized carbons (Fsp3) is 0.111. The number of aromatic amines is 1. The zero-order valence-electron chi connectivity index (χ0n) is 14.1. The van der Waals surface area contributed by atoms with Crippen LogP contribution in [0.4, 0.5) is 5.69 Å². The third-order valence-corrected chi connectivity index (χ3v) is 4.46. The van der Waals surface area contributed by atoms with E-state index in [1.807, 2.05) is 0 Å². The lowest BCUT2D eigenvalue weighted by molar-refractivity contribution is -0.384. The number of benzene rings is 2. The highest BCUT2D eigenvalue weighted by atomic mass is 16.6. The smallest absolute Gasteiger partial charge is 0.270 e. The molecule has 0 atom stereocenters. The van der Waals surface area contributed by atoms with E-state index in [2.05, 4.69) is 9.97 Å². The molecule has 0 saturated carbocycles. The van der Waals surface area contributed by atoms with Gasteiger partial charge in [-0.25, -0.2) is 4.98 Å². The van der Waals surface area contributed by atoms with Crippen molar-refractivity contribution in [2.24, 2.45) is 0 Å². The van der Waals surface area contributed by atoms with E-state index in [-0.39, 0.29) is 34.7 Å². The SMILES string of the molecule is Cc1cccc2c(=O)[nH]c(CN3C(=O)c4ccc([N+](=O)[O-])cc4C3=O)nc12. The van der Waals surface area contributed by atoms with E-state index >= 15 is 0 Å². The van der Waals surface area contributed by atoms with Crippen LogP contribution in [0.2, 0.25) is 0 Å². The van der Waals surface area contributed by atoms with Crippen molar-refractivity contribution in [3.05, 3.63) is 79.4 Å². The Labute approximate surface area is 151 Å². The first-order chi connectivity index (χ1) is 12.9. The molecule has 2 aromatic carbocycles. The Morgan fingerprint density at radius 3 is 2.59 bits per heavy atom. The zero-order valence-corrected chi connectivity index (χ0v) is 14.1. The topological polar surface area (TPSA) is 126 Å². The van der Waals surface area contributed by atoms with Gasteiger partial charge in [-0.15, -0.1) is 0 Å². The Kier molecular flexibility index (Phi) is 3.58. The fourth-order valence-corrected chi connectivity index (χ4v) is 3.11. The molecule has 1 aliphatic heterocycles. The van der Waals surface area contributed by atoms with Gasteiger partial charge < -0.3 is 4.98 Å². The number of non-ortho nitro benzene ring substituents is 1. The third kappa shape index (κ3) is 2.56. The molecule has 0 saturated heterocycles. The first-order valence-electron chi connectivity index (χ1n) is 8.00. The van der Waals surface area contributed by atoms with E-state index in [1.54, 1.807) is 25.1 Å². The van der Waals surface area contributed by atoms with Crippen LogP contribution in [-0.2, 0) is 6.54 Å². The van der Waals surface area contributed by atoms with Gasteiger partial charge in [0.2, 0.25) is 0 Å². The lowest BCUT2D eigenvalue weighted by atomic mass is 10.1. The van der Waals surface area contributed by atoms with Crippen molar-refractivity contribution in [3.63, 3.8) is 0 Å². The molecule has 1 aromatic heterocycles. The molecular weight excluding hydrogens is 352 g/mol. The van der Waals surface area contributed by atoms with E-state index in [4.69, 9.17) is 0 Å². The van der Waals surface area contributed by atoms with Gasteiger partial charge in [-0.1, -0.05) is 12.1 Å². The number of fused-ring (bicyclic) bond motifs is 2. The number of rotatable bonds is 3. The summed E-state index contributed by atoms with van der Waals surface area (Å²) in [6.07, 6.45) is 0. The summed E-state index contributed by atoms with van der Waals surface area (Å²) < 4.78 is 0. The van der Waals surface area contributed by atoms with Gasteiger partial charge in [-0.3, -0.25) is 29.4 Å². The van der Waals surface area contributed by atoms with Gasteiger partial charge in [0.25, 0.3) is 23.1 Å². The molecule has 9 nitrogen and oxygen atoms in total. The maximum Gasteiger partial charge on any atom is 0.270 e. The van der Waals surface area contributed by atoms with Crippen LogP contribution in [0.25, 0.3) is 10.9 Å². The van der Waals surface area contributed by atoms with Crippen LogP contribution in [0.1, 0.15) is 32.1 Å². The van der Waals surface area contributed by atoms with Crippen LogP contribution in [-0.4, -0.2) is 31.6 Å². The lowest BCUT2D eigenvalue weighted by Crippen LogP contribution is -2.31. The van der Waals surface area contributed by atoms with Crippen LogP contribution in [0, 0.1) is 17.0 Å². The Bertz CT molecular complexity index is 1210. The predicted octanol–water partition coefficient (Wildman–Crippen LogP) is 1.94. The second-order valence-electron chi connectivity index (χ2n) is 6.17. The molecule has 0 bridgehead atoms. The number of carbonyl (C=O) groups is 2. The Morgan fingerprint density at radius 1 is 1.11 bits per heavy atom. The van der Waals surface area contributed by atoms with E-state index in [1.165, 1.54) is 12.1 Å². The fourth-order valence-electron chi connectivity index (χ4n) is 3.11. The summed E-state index contributed by atoms with van der Waals surface area (Å²) in [5.74, 6) is -1.09. The van der Waals surface area contributed by atoms with Crippen LogP contribution < -0.4 is 5.56 Å². The molecular formula is C18H12N4O5. The Balaban J connectivity index is 1.73. The van der Waals surface area contributed by atoms with Crippen molar-refractivity contribution in [3.8, 4) is 0 Å². The highest BCUT2D eigenvalue weighted by Crippen LogP contribution is 2.27. The molecule has 0 aliphatic carbocycles. The molecule has 3 aromatic rings. The number of para-hydroxylation sites is 1. The highest BCUT2D eigenvalue weighted by Gasteiger charge is 2.37. The van der Waals surface area contributed by atoms with E-state index in [0.717, 1.165) is 16.5 Å². The second kappa shape index (κ2) is 5.84. The van der Waals surface area contributed by atoms with Gasteiger partial charge >= 0.3 is 0 Å². The Morgan fingerprint density at radius 2 is 1.85 bits per heavy atom. The largest absolute Gasteiger partial charge is 0.308 e. The first-order valence-corrected chi connectivity index (χ1v) is 8.00. The van der Waals surface area contributed by atoms with Crippen molar-refractivity contribution in [2.75, 3.05) is 0 Å². The van der Waals surface area contributed by atoms with Crippen molar-refractivity contribution in [2.45, 2.75) is 13.5 Å². The monoisotopic (exact) mass is 364 g/mol. The standard InChI is InChI=1S/C18H12N4O5/c1-9-3-2-4-12-15(9)19-14(20-16(12)23)8-21-17(24)11-6-5-10(22(26)27)7-13(11)18(21)25/h2-7H,8H2,1H3,(H,19,20,23). The van der Waals surface area contributed by atoms with Crippen molar-refractivity contribution in [1.29, 1.82) is 0 Å². The summed E-state index contributed by atoms with van der Waals surface area (Å²) in [7, 11) is 0. The summed E-state index contributed by atoms with van der Waals surface area (Å²) >= 11 is 0. The molecule has 1 N–H and O–H groups in total. The zero-order chi connectivity index (χ0) is 19.3. The van der Waals surface area contributed by atoms with Gasteiger partial charge in [0.15, 0.2) is 0 Å². The average Bonchev–Trinajstić information content (AvgIpc) is 2.87. The number of amides is 2. The molecule has 9 heteroatoms. The number of hydrogen-bond donors (Lipinski definition) is 1. The van der Waals surface area contributed by atoms with Gasteiger partial charge in [0.05, 0.1) is 33.5 Å².